The molecule has 2 aromatic carbocycles. The molecular weight excluding hydrogens is 424 g/mol. The molecule has 1 aliphatic heterocycles. The van der Waals surface area contributed by atoms with Gasteiger partial charge in [0.05, 0.1) is 4.91 Å². The number of hydrogen-bond donors (Lipinski definition) is 1. The zero-order chi connectivity index (χ0) is 22.4. The van der Waals surface area contributed by atoms with E-state index < -0.39 is 0 Å². The van der Waals surface area contributed by atoms with Crippen LogP contribution in [0.1, 0.15) is 36.5 Å². The first-order valence-corrected chi connectivity index (χ1v) is 11.4. The number of aryl methyl sites for hydroxylation is 2. The number of rotatable bonds is 7. The maximum atomic E-state index is 12.8. The molecule has 1 N–H and O–H groups in total. The van der Waals surface area contributed by atoms with Crippen LogP contribution in [0.3, 0.4) is 0 Å². The number of anilines is 1. The number of allylic oxidation sites excluding steroid dienone is 2. The van der Waals surface area contributed by atoms with E-state index in [2.05, 4.69) is 5.32 Å². The molecule has 6 heteroatoms. The van der Waals surface area contributed by atoms with Crippen LogP contribution in [0.2, 0.25) is 0 Å². The molecule has 0 radical (unpaired) electrons. The van der Waals surface area contributed by atoms with Crippen LogP contribution in [-0.4, -0.2) is 27.6 Å². The topological polar surface area (TPSA) is 49.4 Å². The van der Waals surface area contributed by atoms with Crippen LogP contribution in [0.5, 0.6) is 0 Å². The second-order valence-corrected chi connectivity index (χ2v) is 9.28. The Labute approximate surface area is 193 Å². The molecule has 0 spiro atoms. The van der Waals surface area contributed by atoms with Gasteiger partial charge in [-0.25, -0.2) is 0 Å². The van der Waals surface area contributed by atoms with Crippen molar-refractivity contribution >= 4 is 51.9 Å². The molecule has 1 aliphatic rings. The van der Waals surface area contributed by atoms with E-state index in [9.17, 15) is 9.59 Å². The minimum absolute atomic E-state index is 0.0606. The number of nitrogens with zero attached hydrogens (tertiary/aromatic N) is 1. The molecule has 0 aliphatic carbocycles. The number of hydrogen-bond acceptors (Lipinski definition) is 4. The summed E-state index contributed by atoms with van der Waals surface area (Å²) in [6.07, 6.45) is 4.79. The molecule has 0 aromatic heterocycles. The van der Waals surface area contributed by atoms with Crippen molar-refractivity contribution in [2.24, 2.45) is 0 Å². The van der Waals surface area contributed by atoms with Crippen molar-refractivity contribution in [2.45, 2.75) is 33.6 Å². The van der Waals surface area contributed by atoms with Gasteiger partial charge in [0.1, 0.15) is 4.32 Å². The molecule has 0 bridgehead atoms. The maximum Gasteiger partial charge on any atom is 0.266 e. The van der Waals surface area contributed by atoms with Crippen molar-refractivity contribution < 1.29 is 9.59 Å². The smallest absolute Gasteiger partial charge is 0.266 e. The van der Waals surface area contributed by atoms with Gasteiger partial charge in [-0.2, -0.15) is 0 Å². The Morgan fingerprint density at radius 2 is 1.90 bits per heavy atom. The zero-order valence-electron chi connectivity index (χ0n) is 18.0. The number of carbonyl (C=O) groups is 2. The third kappa shape index (κ3) is 6.39. The molecule has 160 valence electrons. The Morgan fingerprint density at radius 1 is 1.16 bits per heavy atom. The number of thioether (sulfide) groups is 1. The van der Waals surface area contributed by atoms with E-state index >= 15 is 0 Å². The van der Waals surface area contributed by atoms with Crippen LogP contribution < -0.4 is 5.32 Å². The first-order chi connectivity index (χ1) is 14.8. The largest absolute Gasteiger partial charge is 0.326 e. The molecule has 31 heavy (non-hydrogen) atoms. The zero-order valence-corrected chi connectivity index (χ0v) is 19.6. The molecule has 2 aromatic rings. The monoisotopic (exact) mass is 450 g/mol. The fourth-order valence-corrected chi connectivity index (χ4v) is 4.68. The van der Waals surface area contributed by atoms with E-state index in [0.29, 0.717) is 28.6 Å². The first kappa shape index (κ1) is 23.0. The fourth-order valence-electron chi connectivity index (χ4n) is 3.32. The van der Waals surface area contributed by atoms with E-state index in [1.807, 2.05) is 81.5 Å². The maximum absolute atomic E-state index is 12.8. The van der Waals surface area contributed by atoms with Gasteiger partial charge >= 0.3 is 0 Å². The van der Waals surface area contributed by atoms with E-state index in [-0.39, 0.29) is 11.8 Å². The Kier molecular flexibility index (Phi) is 7.82. The summed E-state index contributed by atoms with van der Waals surface area (Å²) in [5.41, 5.74) is 5.09. The summed E-state index contributed by atoms with van der Waals surface area (Å²) < 4.78 is 0.540. The van der Waals surface area contributed by atoms with Gasteiger partial charge in [0.15, 0.2) is 0 Å². The highest BCUT2D eigenvalue weighted by atomic mass is 32.2. The summed E-state index contributed by atoms with van der Waals surface area (Å²) in [4.78, 5) is 27.3. The minimum Gasteiger partial charge on any atom is -0.326 e. The Hall–Kier alpha value is -2.70. The Balaban J connectivity index is 1.54. The lowest BCUT2D eigenvalue weighted by Gasteiger charge is -2.14. The molecular formula is C25H26N2O2S2. The summed E-state index contributed by atoms with van der Waals surface area (Å²) in [6, 6.07) is 15.9. The highest BCUT2D eigenvalue weighted by molar-refractivity contribution is 8.26. The first-order valence-electron chi connectivity index (χ1n) is 10.2. The molecule has 1 heterocycles. The predicted octanol–water partition coefficient (Wildman–Crippen LogP) is 5.87. The van der Waals surface area contributed by atoms with Crippen molar-refractivity contribution in [1.82, 2.24) is 4.90 Å². The molecule has 1 saturated heterocycles. The number of thiocarbonyl (C=S) groups is 1. The van der Waals surface area contributed by atoms with Crippen molar-refractivity contribution in [2.75, 3.05) is 11.9 Å². The predicted molar refractivity (Wildman–Crippen MR) is 134 cm³/mol. The van der Waals surface area contributed by atoms with Crippen LogP contribution >= 0.6 is 24.0 Å². The Morgan fingerprint density at radius 3 is 2.61 bits per heavy atom. The molecule has 0 unspecified atom stereocenters. The van der Waals surface area contributed by atoms with Gasteiger partial charge in [-0.05, 0) is 56.0 Å². The minimum atomic E-state index is -0.0920. The standard InChI is InChI=1S/C25H26N2O2S2/c1-17-11-12-21(19(3)14-17)26-23(28)10-7-13-27-24(29)22(31-25(27)30)16-18(2)15-20-8-5-4-6-9-20/h4-6,8-9,11-12,14-16H,7,10,13H2,1-3H3,(H,26,28). The lowest BCUT2D eigenvalue weighted by molar-refractivity contribution is -0.122. The van der Waals surface area contributed by atoms with E-state index in [1.54, 1.807) is 4.90 Å². The average Bonchev–Trinajstić information content (AvgIpc) is 2.98. The summed E-state index contributed by atoms with van der Waals surface area (Å²) >= 11 is 6.71. The van der Waals surface area contributed by atoms with Gasteiger partial charge in [-0.1, -0.05) is 78.1 Å². The quantitative estimate of drug-likeness (QED) is 0.423. The number of nitrogens with one attached hydrogen (secondary N) is 1. The summed E-state index contributed by atoms with van der Waals surface area (Å²) in [7, 11) is 0. The molecule has 3 rings (SSSR count). The number of benzene rings is 2. The number of amides is 2. The fraction of sp³-hybridized carbons (Fsp3) is 0.240. The molecule has 4 nitrogen and oxygen atoms in total. The van der Waals surface area contributed by atoms with Crippen LogP contribution in [0.4, 0.5) is 5.69 Å². The highest BCUT2D eigenvalue weighted by Crippen LogP contribution is 2.32. The Bertz CT molecular complexity index is 1060. The molecule has 1 fully saturated rings. The summed E-state index contributed by atoms with van der Waals surface area (Å²) in [6.45, 7) is 6.40. The molecule has 2 amide bonds. The lowest BCUT2D eigenvalue weighted by atomic mass is 10.1. The van der Waals surface area contributed by atoms with Gasteiger partial charge in [0.2, 0.25) is 5.91 Å². The normalized spacial score (nSPS) is 15.6. The third-order valence-corrected chi connectivity index (χ3v) is 6.25. The van der Waals surface area contributed by atoms with Crippen molar-refractivity contribution in [1.29, 1.82) is 0 Å². The molecule has 0 atom stereocenters. The van der Waals surface area contributed by atoms with Gasteiger partial charge in [-0.15, -0.1) is 0 Å². The van der Waals surface area contributed by atoms with Gasteiger partial charge in [0.25, 0.3) is 5.91 Å². The van der Waals surface area contributed by atoms with Crippen LogP contribution in [0, 0.1) is 13.8 Å². The van der Waals surface area contributed by atoms with E-state index in [1.165, 1.54) is 11.8 Å². The van der Waals surface area contributed by atoms with Crippen LogP contribution in [0.25, 0.3) is 6.08 Å². The SMILES string of the molecule is CC(=Cc1ccccc1)C=C1SC(=S)N(CCCC(=O)Nc2ccc(C)cc2C)C1=O. The summed E-state index contributed by atoms with van der Waals surface area (Å²) in [5, 5.41) is 2.94. The average molecular weight is 451 g/mol. The van der Waals surface area contributed by atoms with Gasteiger partial charge in [0, 0.05) is 18.7 Å². The van der Waals surface area contributed by atoms with Crippen molar-refractivity contribution in [3.05, 3.63) is 81.8 Å². The lowest BCUT2D eigenvalue weighted by Crippen LogP contribution is -2.29. The summed E-state index contributed by atoms with van der Waals surface area (Å²) in [5.74, 6) is -0.153. The van der Waals surface area contributed by atoms with Gasteiger partial charge < -0.3 is 5.32 Å². The van der Waals surface area contributed by atoms with E-state index in [0.717, 1.165) is 28.0 Å². The second kappa shape index (κ2) is 10.6. The van der Waals surface area contributed by atoms with Gasteiger partial charge in [-0.3, -0.25) is 14.5 Å². The van der Waals surface area contributed by atoms with Crippen LogP contribution in [-0.2, 0) is 9.59 Å². The third-order valence-electron chi connectivity index (χ3n) is 4.87. The van der Waals surface area contributed by atoms with Crippen molar-refractivity contribution in [3.8, 4) is 0 Å². The molecule has 0 saturated carbocycles. The second-order valence-electron chi connectivity index (χ2n) is 7.60. The number of carbonyl (C=O) groups excluding carboxylic acids is 2. The van der Waals surface area contributed by atoms with Crippen molar-refractivity contribution in [3.63, 3.8) is 0 Å². The van der Waals surface area contributed by atoms with Crippen LogP contribution in [0.15, 0.2) is 65.1 Å². The highest BCUT2D eigenvalue weighted by Gasteiger charge is 2.31. The van der Waals surface area contributed by atoms with E-state index in [4.69, 9.17) is 12.2 Å².